The van der Waals surface area contributed by atoms with Crippen LogP contribution in [-0.2, 0) is 11.3 Å². The summed E-state index contributed by atoms with van der Waals surface area (Å²) < 4.78 is 0. The third-order valence-electron chi connectivity index (χ3n) is 4.54. The lowest BCUT2D eigenvalue weighted by atomic mass is 10.1. The molecular weight excluding hydrogens is 354 g/mol. The Hall–Kier alpha value is -1.40. The highest BCUT2D eigenvalue weighted by Crippen LogP contribution is 2.22. The van der Waals surface area contributed by atoms with Crippen molar-refractivity contribution in [3.63, 3.8) is 0 Å². The minimum atomic E-state index is -0.0821. The van der Waals surface area contributed by atoms with Crippen LogP contribution in [0.1, 0.15) is 23.4 Å². The summed E-state index contributed by atoms with van der Waals surface area (Å²) in [7, 11) is 0. The summed E-state index contributed by atoms with van der Waals surface area (Å²) in [6, 6.07) is 11.8. The van der Waals surface area contributed by atoms with Crippen molar-refractivity contribution in [3.05, 3.63) is 57.2 Å². The van der Waals surface area contributed by atoms with Crippen molar-refractivity contribution >= 4 is 28.8 Å². The maximum absolute atomic E-state index is 12.3. The summed E-state index contributed by atoms with van der Waals surface area (Å²) in [5.74, 6) is 0.0547. The summed E-state index contributed by atoms with van der Waals surface area (Å²) in [6.45, 7) is 7.30. The molecule has 25 heavy (non-hydrogen) atoms. The number of hydrogen-bond acceptors (Lipinski definition) is 4. The first-order valence-corrected chi connectivity index (χ1v) is 9.88. The highest BCUT2D eigenvalue weighted by Gasteiger charge is 2.20. The zero-order chi connectivity index (χ0) is 17.6. The van der Waals surface area contributed by atoms with Crippen molar-refractivity contribution < 1.29 is 4.79 Å². The van der Waals surface area contributed by atoms with Gasteiger partial charge in [0, 0.05) is 42.6 Å². The van der Waals surface area contributed by atoms with Crippen molar-refractivity contribution in [3.8, 4) is 0 Å². The van der Waals surface area contributed by atoms with Crippen LogP contribution in [-0.4, -0.2) is 48.4 Å². The van der Waals surface area contributed by atoms with E-state index in [1.165, 1.54) is 4.88 Å². The zero-order valence-corrected chi connectivity index (χ0v) is 16.0. The van der Waals surface area contributed by atoms with Gasteiger partial charge < -0.3 is 5.32 Å². The third kappa shape index (κ3) is 5.28. The summed E-state index contributed by atoms with van der Waals surface area (Å²) in [5.41, 5.74) is 0.957. The Kier molecular flexibility index (Phi) is 6.48. The molecule has 1 aliphatic heterocycles. The van der Waals surface area contributed by atoms with Gasteiger partial charge in [-0.2, -0.15) is 0 Å². The molecule has 134 valence electrons. The predicted octanol–water partition coefficient (Wildman–Crippen LogP) is 3.40. The van der Waals surface area contributed by atoms with Crippen molar-refractivity contribution in [1.82, 2.24) is 15.1 Å². The van der Waals surface area contributed by atoms with E-state index in [1.54, 1.807) is 11.3 Å². The Morgan fingerprint density at radius 2 is 1.88 bits per heavy atom. The second-order valence-corrected chi connectivity index (χ2v) is 7.88. The van der Waals surface area contributed by atoms with Crippen molar-refractivity contribution in [2.45, 2.75) is 19.5 Å². The Balaban J connectivity index is 1.42. The average Bonchev–Trinajstić information content (AvgIpc) is 3.10. The number of piperazine rings is 1. The van der Waals surface area contributed by atoms with Crippen molar-refractivity contribution in [1.29, 1.82) is 0 Å². The number of hydrogen-bond donors (Lipinski definition) is 1. The van der Waals surface area contributed by atoms with E-state index >= 15 is 0 Å². The van der Waals surface area contributed by atoms with E-state index in [0.29, 0.717) is 11.6 Å². The molecule has 1 aliphatic rings. The summed E-state index contributed by atoms with van der Waals surface area (Å²) in [4.78, 5) is 18.4. The maximum atomic E-state index is 12.3. The minimum Gasteiger partial charge on any atom is -0.348 e. The largest absolute Gasteiger partial charge is 0.348 e. The van der Waals surface area contributed by atoms with Gasteiger partial charge in [0.25, 0.3) is 0 Å². The number of carbonyl (C=O) groups excluding carboxylic acids is 1. The summed E-state index contributed by atoms with van der Waals surface area (Å²) in [5, 5.41) is 5.87. The fraction of sp³-hybridized carbons (Fsp3) is 0.421. The molecule has 1 saturated heterocycles. The molecule has 1 amide bonds. The lowest BCUT2D eigenvalue weighted by molar-refractivity contribution is -0.123. The lowest BCUT2D eigenvalue weighted by Gasteiger charge is -2.34. The van der Waals surface area contributed by atoms with E-state index in [4.69, 9.17) is 11.6 Å². The first-order valence-electron chi connectivity index (χ1n) is 8.62. The van der Waals surface area contributed by atoms with Gasteiger partial charge in [-0.3, -0.25) is 14.6 Å². The van der Waals surface area contributed by atoms with E-state index in [2.05, 4.69) is 32.6 Å². The number of rotatable bonds is 6. The van der Waals surface area contributed by atoms with E-state index in [1.807, 2.05) is 31.2 Å². The quantitative estimate of drug-likeness (QED) is 0.838. The van der Waals surface area contributed by atoms with Gasteiger partial charge in [0.1, 0.15) is 0 Å². The van der Waals surface area contributed by atoms with Crippen LogP contribution in [0.15, 0.2) is 41.8 Å². The number of nitrogens with one attached hydrogen (secondary N) is 1. The van der Waals surface area contributed by atoms with Gasteiger partial charge in [-0.15, -0.1) is 11.3 Å². The van der Waals surface area contributed by atoms with Gasteiger partial charge in [0.2, 0.25) is 5.91 Å². The predicted molar refractivity (Wildman–Crippen MR) is 104 cm³/mol. The summed E-state index contributed by atoms with van der Waals surface area (Å²) >= 11 is 8.01. The van der Waals surface area contributed by atoms with Crippen LogP contribution in [0.5, 0.6) is 0 Å². The SMILES string of the molecule is C[C@H](NC(=O)CN1CCN(Cc2cccs2)CC1)c1ccccc1Cl. The standard InChI is InChI=1S/C19H24ClN3OS/c1-15(17-6-2-3-7-18(17)20)21-19(24)14-23-10-8-22(9-11-23)13-16-5-4-12-25-16/h2-7,12,15H,8-11,13-14H2,1H3,(H,21,24)/t15-/m0/s1. The summed E-state index contributed by atoms with van der Waals surface area (Å²) in [6.07, 6.45) is 0. The van der Waals surface area contributed by atoms with Gasteiger partial charge >= 0.3 is 0 Å². The highest BCUT2D eigenvalue weighted by molar-refractivity contribution is 7.09. The number of carbonyl (C=O) groups is 1. The minimum absolute atomic E-state index is 0.0547. The van der Waals surface area contributed by atoms with E-state index in [9.17, 15) is 4.79 Å². The van der Waals surface area contributed by atoms with Gasteiger partial charge in [-0.1, -0.05) is 35.9 Å². The number of halogens is 1. The first-order chi connectivity index (χ1) is 12.1. The lowest BCUT2D eigenvalue weighted by Crippen LogP contribution is -2.49. The molecule has 0 spiro atoms. The fourth-order valence-electron chi connectivity index (χ4n) is 3.12. The first kappa shape index (κ1) is 18.4. The number of nitrogens with zero attached hydrogens (tertiary/aromatic N) is 2. The molecule has 1 N–H and O–H groups in total. The van der Waals surface area contributed by atoms with E-state index in [-0.39, 0.29) is 11.9 Å². The molecule has 1 atom stereocenters. The van der Waals surface area contributed by atoms with E-state index < -0.39 is 0 Å². The molecule has 2 heterocycles. The van der Waals surface area contributed by atoms with Crippen molar-refractivity contribution in [2.75, 3.05) is 32.7 Å². The molecule has 0 saturated carbocycles. The second-order valence-electron chi connectivity index (χ2n) is 6.44. The molecule has 4 nitrogen and oxygen atoms in total. The normalized spacial score (nSPS) is 17.4. The van der Waals surface area contributed by atoms with Crippen LogP contribution in [0, 0.1) is 0 Å². The van der Waals surface area contributed by atoms with Crippen LogP contribution >= 0.6 is 22.9 Å². The Bertz CT molecular complexity index is 684. The molecule has 0 aliphatic carbocycles. The monoisotopic (exact) mass is 377 g/mol. The molecule has 2 aromatic rings. The number of benzene rings is 1. The van der Waals surface area contributed by atoms with Crippen LogP contribution < -0.4 is 5.32 Å². The van der Waals surface area contributed by atoms with Crippen LogP contribution in [0.4, 0.5) is 0 Å². The fourth-order valence-corrected chi connectivity index (χ4v) is 4.17. The molecule has 0 radical (unpaired) electrons. The highest BCUT2D eigenvalue weighted by atomic mass is 35.5. The molecule has 1 aromatic heterocycles. The number of amides is 1. The van der Waals surface area contributed by atoms with Crippen LogP contribution in [0.2, 0.25) is 5.02 Å². The van der Waals surface area contributed by atoms with Gasteiger partial charge in [-0.25, -0.2) is 0 Å². The average molecular weight is 378 g/mol. The molecule has 1 aromatic carbocycles. The molecular formula is C19H24ClN3OS. The topological polar surface area (TPSA) is 35.6 Å². The number of thiophene rings is 1. The molecule has 0 bridgehead atoms. The van der Waals surface area contributed by atoms with Gasteiger partial charge in [0.05, 0.1) is 12.6 Å². The van der Waals surface area contributed by atoms with Gasteiger partial charge in [-0.05, 0) is 30.0 Å². The molecule has 3 rings (SSSR count). The Morgan fingerprint density at radius 1 is 1.16 bits per heavy atom. The Labute approximate surface area is 158 Å². The molecule has 1 fully saturated rings. The second kappa shape index (κ2) is 8.81. The zero-order valence-electron chi connectivity index (χ0n) is 14.5. The molecule has 0 unspecified atom stereocenters. The van der Waals surface area contributed by atoms with Crippen molar-refractivity contribution in [2.24, 2.45) is 0 Å². The third-order valence-corrected chi connectivity index (χ3v) is 5.75. The van der Waals surface area contributed by atoms with E-state index in [0.717, 1.165) is 38.3 Å². The van der Waals surface area contributed by atoms with Crippen LogP contribution in [0.25, 0.3) is 0 Å². The maximum Gasteiger partial charge on any atom is 0.234 e. The van der Waals surface area contributed by atoms with Crippen LogP contribution in [0.3, 0.4) is 0 Å². The smallest absolute Gasteiger partial charge is 0.234 e. The molecule has 6 heteroatoms. The Morgan fingerprint density at radius 3 is 2.56 bits per heavy atom. The van der Waals surface area contributed by atoms with Gasteiger partial charge in [0.15, 0.2) is 0 Å².